The third-order valence-electron chi connectivity index (χ3n) is 5.22. The number of nitro benzene ring substituents is 1. The molecule has 0 aliphatic carbocycles. The highest BCUT2D eigenvalue weighted by Gasteiger charge is 2.29. The second-order valence-electron chi connectivity index (χ2n) is 7.67. The second-order valence-corrected chi connectivity index (χ2v) is 8.65. The molecule has 0 saturated carbocycles. The number of nitrogens with one attached hydrogen (secondary N) is 1. The first-order chi connectivity index (χ1) is 15.3. The molecule has 8 heteroatoms. The van der Waals surface area contributed by atoms with Crippen LogP contribution in [0.4, 0.5) is 5.69 Å². The Labute approximate surface area is 193 Å². The fraction of sp³-hybridized carbons (Fsp3) is 0.417. The number of carbonyl (C=O) groups excluding carboxylic acids is 2. The molecule has 0 heterocycles. The Hall–Kier alpha value is -2.87. The van der Waals surface area contributed by atoms with Crippen LogP contribution in [0, 0.1) is 10.1 Å². The van der Waals surface area contributed by atoms with Gasteiger partial charge in [-0.15, -0.1) is 11.8 Å². The van der Waals surface area contributed by atoms with Crippen LogP contribution in [0.2, 0.25) is 0 Å². The van der Waals surface area contributed by atoms with Crippen molar-refractivity contribution < 1.29 is 14.5 Å². The minimum Gasteiger partial charge on any atom is -0.352 e. The largest absolute Gasteiger partial charge is 0.352 e. The molecule has 0 bridgehead atoms. The number of hydrogen-bond donors (Lipinski definition) is 1. The molecule has 0 radical (unpaired) electrons. The standard InChI is InChI=1S/C24H31N3O4S/c1-4-18(3)25-24(29)22(5-2)26(15-19-9-7-6-8-10-19)23(28)17-32-16-20-11-13-21(14-12-20)27(30)31/h6-14,18,22H,4-5,15-17H2,1-3H3,(H,25,29)/t18-,22+/m1/s1. The maximum absolute atomic E-state index is 13.2. The first-order valence-electron chi connectivity index (χ1n) is 10.8. The topological polar surface area (TPSA) is 92.6 Å². The molecular formula is C24H31N3O4S. The highest BCUT2D eigenvalue weighted by molar-refractivity contribution is 7.99. The molecule has 32 heavy (non-hydrogen) atoms. The lowest BCUT2D eigenvalue weighted by Gasteiger charge is -2.31. The summed E-state index contributed by atoms with van der Waals surface area (Å²) >= 11 is 1.43. The molecule has 0 unspecified atom stereocenters. The Morgan fingerprint density at radius 2 is 1.69 bits per heavy atom. The van der Waals surface area contributed by atoms with E-state index in [1.54, 1.807) is 17.0 Å². The van der Waals surface area contributed by atoms with Gasteiger partial charge in [-0.1, -0.05) is 56.3 Å². The third kappa shape index (κ3) is 7.67. The van der Waals surface area contributed by atoms with Gasteiger partial charge in [0.1, 0.15) is 6.04 Å². The van der Waals surface area contributed by atoms with E-state index in [0.29, 0.717) is 18.7 Å². The minimum absolute atomic E-state index is 0.0433. The van der Waals surface area contributed by atoms with Crippen LogP contribution in [0.3, 0.4) is 0 Å². The van der Waals surface area contributed by atoms with E-state index in [0.717, 1.165) is 17.5 Å². The van der Waals surface area contributed by atoms with Crippen molar-refractivity contribution >= 4 is 29.3 Å². The zero-order valence-corrected chi connectivity index (χ0v) is 19.6. The van der Waals surface area contributed by atoms with Crippen LogP contribution in [-0.2, 0) is 21.9 Å². The maximum atomic E-state index is 13.2. The molecule has 2 rings (SSSR count). The SMILES string of the molecule is CC[C@@H](C)NC(=O)[C@H](CC)N(Cc1ccccc1)C(=O)CSCc1ccc([N+](=O)[O-])cc1. The summed E-state index contributed by atoms with van der Waals surface area (Å²) in [5, 5.41) is 13.8. The van der Waals surface area contributed by atoms with Crippen molar-refractivity contribution in [3.8, 4) is 0 Å². The van der Waals surface area contributed by atoms with E-state index in [1.807, 2.05) is 51.1 Å². The molecule has 0 aliphatic heterocycles. The molecule has 0 spiro atoms. The Kier molecular flexibility index (Phi) is 10.2. The van der Waals surface area contributed by atoms with E-state index in [2.05, 4.69) is 5.32 Å². The molecule has 7 nitrogen and oxygen atoms in total. The number of nitrogens with zero attached hydrogens (tertiary/aromatic N) is 2. The maximum Gasteiger partial charge on any atom is 0.269 e. The zero-order valence-electron chi connectivity index (χ0n) is 18.8. The summed E-state index contributed by atoms with van der Waals surface area (Å²) in [6, 6.07) is 15.5. The Morgan fingerprint density at radius 1 is 1.03 bits per heavy atom. The summed E-state index contributed by atoms with van der Waals surface area (Å²) in [6.45, 7) is 6.24. The van der Waals surface area contributed by atoms with Crippen molar-refractivity contribution in [3.05, 3.63) is 75.8 Å². The number of hydrogen-bond acceptors (Lipinski definition) is 5. The van der Waals surface area contributed by atoms with Gasteiger partial charge in [-0.2, -0.15) is 0 Å². The van der Waals surface area contributed by atoms with Crippen molar-refractivity contribution in [1.82, 2.24) is 10.2 Å². The van der Waals surface area contributed by atoms with Gasteiger partial charge in [0.2, 0.25) is 11.8 Å². The van der Waals surface area contributed by atoms with Crippen LogP contribution in [0.15, 0.2) is 54.6 Å². The molecule has 0 fully saturated rings. The van der Waals surface area contributed by atoms with E-state index in [1.165, 1.54) is 23.9 Å². The normalized spacial score (nSPS) is 12.6. The Morgan fingerprint density at radius 3 is 2.25 bits per heavy atom. The predicted molar refractivity (Wildman–Crippen MR) is 128 cm³/mol. The van der Waals surface area contributed by atoms with Gasteiger partial charge >= 0.3 is 0 Å². The van der Waals surface area contributed by atoms with Gasteiger partial charge in [-0.3, -0.25) is 19.7 Å². The molecule has 2 amide bonds. The molecule has 2 atom stereocenters. The number of amides is 2. The highest BCUT2D eigenvalue weighted by atomic mass is 32.2. The lowest BCUT2D eigenvalue weighted by molar-refractivity contribution is -0.384. The highest BCUT2D eigenvalue weighted by Crippen LogP contribution is 2.19. The molecule has 172 valence electrons. The molecule has 2 aromatic carbocycles. The van der Waals surface area contributed by atoms with Crippen molar-refractivity contribution in [2.24, 2.45) is 0 Å². The number of nitro groups is 1. The van der Waals surface area contributed by atoms with Crippen LogP contribution in [0.1, 0.15) is 44.7 Å². The monoisotopic (exact) mass is 457 g/mol. The lowest BCUT2D eigenvalue weighted by atomic mass is 10.1. The van der Waals surface area contributed by atoms with E-state index < -0.39 is 11.0 Å². The third-order valence-corrected chi connectivity index (χ3v) is 6.21. The van der Waals surface area contributed by atoms with Crippen LogP contribution in [0.5, 0.6) is 0 Å². The Balaban J connectivity index is 2.08. The molecular weight excluding hydrogens is 426 g/mol. The summed E-state index contributed by atoms with van der Waals surface area (Å²) in [6.07, 6.45) is 1.34. The summed E-state index contributed by atoms with van der Waals surface area (Å²) in [5.41, 5.74) is 1.92. The average Bonchev–Trinajstić information content (AvgIpc) is 2.79. The average molecular weight is 458 g/mol. The van der Waals surface area contributed by atoms with Crippen LogP contribution in [0.25, 0.3) is 0 Å². The quantitative estimate of drug-likeness (QED) is 0.373. The number of carbonyl (C=O) groups is 2. The first kappa shape index (κ1) is 25.4. The number of rotatable bonds is 12. The number of thioether (sulfide) groups is 1. The molecule has 0 saturated heterocycles. The van der Waals surface area contributed by atoms with Gasteiger partial charge in [0.05, 0.1) is 10.7 Å². The van der Waals surface area contributed by atoms with Crippen molar-refractivity contribution in [2.45, 2.75) is 58.0 Å². The van der Waals surface area contributed by atoms with Gasteiger partial charge in [0.15, 0.2) is 0 Å². The van der Waals surface area contributed by atoms with Crippen LogP contribution < -0.4 is 5.32 Å². The molecule has 0 aliphatic rings. The van der Waals surface area contributed by atoms with E-state index in [4.69, 9.17) is 0 Å². The predicted octanol–water partition coefficient (Wildman–Crippen LogP) is 4.55. The Bertz CT molecular complexity index is 890. The van der Waals surface area contributed by atoms with Crippen molar-refractivity contribution in [2.75, 3.05) is 5.75 Å². The fourth-order valence-electron chi connectivity index (χ4n) is 3.19. The van der Waals surface area contributed by atoms with Gasteiger partial charge in [0.25, 0.3) is 5.69 Å². The van der Waals surface area contributed by atoms with Crippen LogP contribution >= 0.6 is 11.8 Å². The smallest absolute Gasteiger partial charge is 0.269 e. The van der Waals surface area contributed by atoms with E-state index in [-0.39, 0.29) is 29.3 Å². The number of non-ortho nitro benzene ring substituents is 1. The van der Waals surface area contributed by atoms with Gasteiger partial charge < -0.3 is 10.2 Å². The van der Waals surface area contributed by atoms with Gasteiger partial charge in [0, 0.05) is 30.5 Å². The molecule has 0 aromatic heterocycles. The zero-order chi connectivity index (χ0) is 23.5. The van der Waals surface area contributed by atoms with Crippen molar-refractivity contribution in [1.29, 1.82) is 0 Å². The van der Waals surface area contributed by atoms with Gasteiger partial charge in [-0.05, 0) is 30.9 Å². The lowest BCUT2D eigenvalue weighted by Crippen LogP contribution is -2.51. The summed E-state index contributed by atoms with van der Waals surface area (Å²) in [7, 11) is 0. The van der Waals surface area contributed by atoms with Crippen LogP contribution in [-0.4, -0.2) is 39.5 Å². The molecule has 1 N–H and O–H groups in total. The summed E-state index contributed by atoms with van der Waals surface area (Å²) < 4.78 is 0. The summed E-state index contributed by atoms with van der Waals surface area (Å²) in [5.74, 6) is 0.536. The summed E-state index contributed by atoms with van der Waals surface area (Å²) in [4.78, 5) is 38.1. The van der Waals surface area contributed by atoms with E-state index >= 15 is 0 Å². The minimum atomic E-state index is -0.545. The second kappa shape index (κ2) is 12.9. The van der Waals surface area contributed by atoms with Crippen molar-refractivity contribution in [3.63, 3.8) is 0 Å². The molecule has 2 aromatic rings. The first-order valence-corrected chi connectivity index (χ1v) is 12.0. The number of benzene rings is 2. The van der Waals surface area contributed by atoms with E-state index in [9.17, 15) is 19.7 Å². The fourth-order valence-corrected chi connectivity index (χ4v) is 4.06. The van der Waals surface area contributed by atoms with Gasteiger partial charge in [-0.25, -0.2) is 0 Å².